The molecular weight excluding hydrogens is 351 g/mol. The molecule has 1 aliphatic heterocycles. The topological polar surface area (TPSA) is 93.0 Å². The highest BCUT2D eigenvalue weighted by Gasteiger charge is 2.27. The molecule has 1 aromatic carbocycles. The molecule has 8 nitrogen and oxygen atoms in total. The number of nitrogens with zero attached hydrogens (tertiary/aromatic N) is 5. The number of aromatic nitrogens is 4. The lowest BCUT2D eigenvalue weighted by atomic mass is 10.2. The number of benzene rings is 1. The molecule has 0 saturated heterocycles. The number of hydrogen-bond acceptors (Lipinski definition) is 6. The van der Waals surface area contributed by atoms with Gasteiger partial charge in [-0.15, -0.1) is 10.2 Å². The fourth-order valence-electron chi connectivity index (χ4n) is 2.89. The zero-order valence-corrected chi connectivity index (χ0v) is 14.2. The van der Waals surface area contributed by atoms with Crippen LogP contribution in [0.5, 0.6) is 0 Å². The maximum atomic E-state index is 13.1. The third-order valence-electron chi connectivity index (χ3n) is 4.27. The Morgan fingerprint density at radius 3 is 2.56 bits per heavy atom. The Labute approximate surface area is 153 Å². The van der Waals surface area contributed by atoms with Crippen molar-refractivity contribution in [3.63, 3.8) is 0 Å². The van der Waals surface area contributed by atoms with Crippen molar-refractivity contribution in [3.05, 3.63) is 76.2 Å². The van der Waals surface area contributed by atoms with Gasteiger partial charge < -0.3 is 10.2 Å². The molecule has 3 aromatic rings. The predicted molar refractivity (Wildman–Crippen MR) is 95.1 cm³/mol. The van der Waals surface area contributed by atoms with E-state index in [1.165, 1.54) is 16.7 Å². The molecule has 9 heteroatoms. The highest BCUT2D eigenvalue weighted by molar-refractivity contribution is 5.91. The second kappa shape index (κ2) is 6.94. The van der Waals surface area contributed by atoms with Gasteiger partial charge in [0.1, 0.15) is 5.82 Å². The Morgan fingerprint density at radius 2 is 1.81 bits per heavy atom. The minimum absolute atomic E-state index is 0.256. The molecule has 0 bridgehead atoms. The van der Waals surface area contributed by atoms with Gasteiger partial charge in [-0.25, -0.2) is 4.39 Å². The summed E-state index contributed by atoms with van der Waals surface area (Å²) >= 11 is 0. The number of anilines is 2. The summed E-state index contributed by atoms with van der Waals surface area (Å²) in [5.74, 6) is -0.597. The maximum absolute atomic E-state index is 13.1. The van der Waals surface area contributed by atoms with Crippen LogP contribution in [-0.4, -0.2) is 32.2 Å². The standard InChI is InChI=1S/C18H15FN6O2/c19-13-1-3-14(4-2-13)24-9-10-25-17(27)15(22-23-18(24)25)16(26)21-11-12-5-7-20-8-6-12/h1-8H,9-11H2,(H,21,26). The number of carbonyl (C=O) groups is 1. The van der Waals surface area contributed by atoms with Crippen LogP contribution in [0.2, 0.25) is 0 Å². The summed E-state index contributed by atoms with van der Waals surface area (Å²) in [5.41, 5.74) is 0.798. The summed E-state index contributed by atoms with van der Waals surface area (Å²) in [6.45, 7) is 1.11. The van der Waals surface area contributed by atoms with Crippen molar-refractivity contribution in [1.29, 1.82) is 0 Å². The number of rotatable bonds is 4. The van der Waals surface area contributed by atoms with Gasteiger partial charge in [0.25, 0.3) is 11.5 Å². The molecule has 0 aliphatic carbocycles. The minimum Gasteiger partial charge on any atom is -0.346 e. The molecule has 3 heterocycles. The van der Waals surface area contributed by atoms with E-state index in [-0.39, 0.29) is 18.1 Å². The van der Waals surface area contributed by atoms with Crippen molar-refractivity contribution in [3.8, 4) is 0 Å². The number of fused-ring (bicyclic) bond motifs is 1. The van der Waals surface area contributed by atoms with Gasteiger partial charge >= 0.3 is 0 Å². The molecule has 1 amide bonds. The molecule has 4 rings (SSSR count). The summed E-state index contributed by atoms with van der Waals surface area (Å²) < 4.78 is 14.5. The van der Waals surface area contributed by atoms with Crippen molar-refractivity contribution < 1.29 is 9.18 Å². The van der Waals surface area contributed by atoms with E-state index in [1.807, 2.05) is 0 Å². The summed E-state index contributed by atoms with van der Waals surface area (Å²) in [6.07, 6.45) is 3.24. The molecule has 0 fully saturated rings. The van der Waals surface area contributed by atoms with Gasteiger partial charge in [0.2, 0.25) is 11.6 Å². The van der Waals surface area contributed by atoms with E-state index in [9.17, 15) is 14.0 Å². The van der Waals surface area contributed by atoms with E-state index in [2.05, 4.69) is 20.5 Å². The van der Waals surface area contributed by atoms with Crippen LogP contribution in [0.4, 0.5) is 16.0 Å². The SMILES string of the molecule is O=C(NCc1ccncc1)c1nnc2n(c1=O)CCN2c1ccc(F)cc1. The van der Waals surface area contributed by atoms with Gasteiger partial charge in [0.05, 0.1) is 0 Å². The number of carbonyl (C=O) groups excluding carboxylic acids is 1. The molecule has 27 heavy (non-hydrogen) atoms. The smallest absolute Gasteiger partial charge is 0.286 e. The first kappa shape index (κ1) is 16.8. The highest BCUT2D eigenvalue weighted by Crippen LogP contribution is 2.26. The molecular formula is C18H15FN6O2. The van der Waals surface area contributed by atoms with Crippen molar-refractivity contribution in [2.75, 3.05) is 11.4 Å². The van der Waals surface area contributed by atoms with Gasteiger partial charge in [-0.3, -0.25) is 19.1 Å². The van der Waals surface area contributed by atoms with Crippen LogP contribution in [0.3, 0.4) is 0 Å². The van der Waals surface area contributed by atoms with Gasteiger partial charge in [-0.1, -0.05) is 0 Å². The van der Waals surface area contributed by atoms with E-state index in [0.29, 0.717) is 24.7 Å². The first-order valence-electron chi connectivity index (χ1n) is 8.31. The highest BCUT2D eigenvalue weighted by atomic mass is 19.1. The molecule has 0 unspecified atom stereocenters. The lowest BCUT2D eigenvalue weighted by Gasteiger charge is -2.16. The third-order valence-corrected chi connectivity index (χ3v) is 4.27. The van der Waals surface area contributed by atoms with E-state index in [4.69, 9.17) is 0 Å². The summed E-state index contributed by atoms with van der Waals surface area (Å²) in [5, 5.41) is 10.5. The zero-order valence-electron chi connectivity index (χ0n) is 14.2. The molecule has 136 valence electrons. The number of nitrogens with one attached hydrogen (secondary N) is 1. The molecule has 0 saturated carbocycles. The number of hydrogen-bond donors (Lipinski definition) is 1. The quantitative estimate of drug-likeness (QED) is 0.747. The average Bonchev–Trinajstić information content (AvgIpc) is 3.13. The Kier molecular flexibility index (Phi) is 4.33. The van der Waals surface area contributed by atoms with Gasteiger partial charge in [-0.05, 0) is 42.0 Å². The van der Waals surface area contributed by atoms with Crippen molar-refractivity contribution in [1.82, 2.24) is 25.1 Å². The van der Waals surface area contributed by atoms with Gasteiger partial charge in [-0.2, -0.15) is 0 Å². The summed E-state index contributed by atoms with van der Waals surface area (Å²) in [4.78, 5) is 30.6. The predicted octanol–water partition coefficient (Wildman–Crippen LogP) is 1.25. The lowest BCUT2D eigenvalue weighted by molar-refractivity contribution is 0.0942. The van der Waals surface area contributed by atoms with Crippen LogP contribution in [0.1, 0.15) is 16.1 Å². The van der Waals surface area contributed by atoms with Crippen LogP contribution in [0.15, 0.2) is 53.6 Å². The van der Waals surface area contributed by atoms with Crippen LogP contribution in [0.25, 0.3) is 0 Å². The van der Waals surface area contributed by atoms with Crippen LogP contribution in [0, 0.1) is 5.82 Å². The van der Waals surface area contributed by atoms with E-state index >= 15 is 0 Å². The monoisotopic (exact) mass is 366 g/mol. The fraction of sp³-hybridized carbons (Fsp3) is 0.167. The third kappa shape index (κ3) is 3.26. The van der Waals surface area contributed by atoms with Crippen LogP contribution in [-0.2, 0) is 13.1 Å². The maximum Gasteiger partial charge on any atom is 0.286 e. The fourth-order valence-corrected chi connectivity index (χ4v) is 2.89. The average molecular weight is 366 g/mol. The van der Waals surface area contributed by atoms with E-state index < -0.39 is 11.5 Å². The summed E-state index contributed by atoms with van der Waals surface area (Å²) in [6, 6.07) is 9.41. The van der Waals surface area contributed by atoms with Gasteiger partial charge in [0.15, 0.2) is 0 Å². The lowest BCUT2D eigenvalue weighted by Crippen LogP contribution is -2.34. The molecule has 2 aromatic heterocycles. The molecule has 1 N–H and O–H groups in total. The number of amides is 1. The molecule has 0 radical (unpaired) electrons. The second-order valence-corrected chi connectivity index (χ2v) is 5.97. The summed E-state index contributed by atoms with van der Waals surface area (Å²) in [7, 11) is 0. The Bertz CT molecular complexity index is 1040. The number of halogens is 1. The van der Waals surface area contributed by atoms with Crippen LogP contribution < -0.4 is 15.8 Å². The normalized spacial score (nSPS) is 12.7. The number of pyridine rings is 1. The van der Waals surface area contributed by atoms with Gasteiger partial charge in [0, 0.05) is 37.7 Å². The van der Waals surface area contributed by atoms with Crippen molar-refractivity contribution >= 4 is 17.5 Å². The first-order chi connectivity index (χ1) is 13.1. The largest absolute Gasteiger partial charge is 0.346 e. The Hall–Kier alpha value is -3.62. The Morgan fingerprint density at radius 1 is 1.07 bits per heavy atom. The van der Waals surface area contributed by atoms with Crippen molar-refractivity contribution in [2.24, 2.45) is 0 Å². The van der Waals surface area contributed by atoms with Crippen LogP contribution >= 0.6 is 0 Å². The van der Waals surface area contributed by atoms with E-state index in [1.54, 1.807) is 41.6 Å². The van der Waals surface area contributed by atoms with Crippen molar-refractivity contribution in [2.45, 2.75) is 13.1 Å². The molecule has 0 spiro atoms. The first-order valence-corrected chi connectivity index (χ1v) is 8.31. The Balaban J connectivity index is 1.56. The molecule has 0 atom stereocenters. The second-order valence-electron chi connectivity index (χ2n) is 5.97. The zero-order chi connectivity index (χ0) is 18.8. The minimum atomic E-state index is -0.583. The van der Waals surface area contributed by atoms with E-state index in [0.717, 1.165) is 5.56 Å². The molecule has 1 aliphatic rings.